The summed E-state index contributed by atoms with van der Waals surface area (Å²) < 4.78 is 6.73. The number of nitrogens with zero attached hydrogens (tertiary/aromatic N) is 3. The summed E-state index contributed by atoms with van der Waals surface area (Å²) in [5, 5.41) is 9.43. The zero-order valence-corrected chi connectivity index (χ0v) is 22.9. The lowest BCUT2D eigenvalue weighted by Gasteiger charge is -2.35. The lowest BCUT2D eigenvalue weighted by atomic mass is 9.77. The van der Waals surface area contributed by atoms with Crippen LogP contribution in [-0.4, -0.2) is 71.7 Å². The van der Waals surface area contributed by atoms with Crippen molar-refractivity contribution in [3.05, 3.63) is 84.0 Å². The van der Waals surface area contributed by atoms with E-state index in [4.69, 9.17) is 4.74 Å². The van der Waals surface area contributed by atoms with Gasteiger partial charge in [0.15, 0.2) is 0 Å². The van der Waals surface area contributed by atoms with Gasteiger partial charge < -0.3 is 24.5 Å². The van der Waals surface area contributed by atoms with E-state index in [1.165, 1.54) is 0 Å². The first-order chi connectivity index (χ1) is 19.4. The highest BCUT2D eigenvalue weighted by atomic mass is 16.5. The fourth-order valence-electron chi connectivity index (χ4n) is 6.84. The number of hydrogen-bond acceptors (Lipinski definition) is 5. The number of unbranched alkanes of at least 4 members (excludes halogenated alkanes) is 1. The van der Waals surface area contributed by atoms with Crippen LogP contribution in [0.25, 0.3) is 0 Å². The molecule has 4 aliphatic heterocycles. The Hall–Kier alpha value is -3.75. The maximum absolute atomic E-state index is 14.5. The van der Waals surface area contributed by atoms with Gasteiger partial charge in [-0.05, 0) is 56.0 Å². The van der Waals surface area contributed by atoms with E-state index in [2.05, 4.69) is 0 Å². The van der Waals surface area contributed by atoms with Crippen LogP contribution in [0.3, 0.4) is 0 Å². The molecule has 0 bridgehead atoms. The molecule has 2 saturated heterocycles. The number of rotatable bonds is 6. The van der Waals surface area contributed by atoms with Gasteiger partial charge >= 0.3 is 0 Å². The smallest absolute Gasteiger partial charge is 0.253 e. The number of fused-ring (bicyclic) bond motifs is 2. The third-order valence-corrected chi connectivity index (χ3v) is 8.69. The largest absolute Gasteiger partial charge is 0.396 e. The second-order valence-electron chi connectivity index (χ2n) is 11.2. The molecule has 0 aliphatic carbocycles. The number of para-hydroxylation sites is 1. The normalized spacial score (nSPS) is 29.4. The average Bonchev–Trinajstić information content (AvgIpc) is 3.26. The van der Waals surface area contributed by atoms with Crippen LogP contribution in [0.2, 0.25) is 0 Å². The summed E-state index contributed by atoms with van der Waals surface area (Å²) in [6.07, 6.45) is 8.00. The van der Waals surface area contributed by atoms with Gasteiger partial charge in [0, 0.05) is 37.6 Å². The molecule has 2 aromatic carbocycles. The molecule has 4 aliphatic rings. The van der Waals surface area contributed by atoms with E-state index < -0.39 is 29.6 Å². The van der Waals surface area contributed by atoms with E-state index in [1.54, 1.807) is 14.7 Å². The Morgan fingerprint density at radius 2 is 1.70 bits per heavy atom. The van der Waals surface area contributed by atoms with Gasteiger partial charge in [0.05, 0.1) is 17.9 Å². The molecule has 4 heterocycles. The predicted octanol–water partition coefficient (Wildman–Crippen LogP) is 3.16. The Morgan fingerprint density at radius 3 is 2.48 bits per heavy atom. The quantitative estimate of drug-likeness (QED) is 0.448. The van der Waals surface area contributed by atoms with E-state index in [-0.39, 0.29) is 24.3 Å². The Kier molecular flexibility index (Phi) is 6.84. The molecule has 8 nitrogen and oxygen atoms in total. The van der Waals surface area contributed by atoms with Crippen molar-refractivity contribution >= 4 is 29.1 Å². The van der Waals surface area contributed by atoms with Crippen molar-refractivity contribution in [3.63, 3.8) is 0 Å². The number of ether oxygens (including phenoxy) is 1. The molecule has 0 radical (unpaired) electrons. The van der Waals surface area contributed by atoms with Crippen LogP contribution in [0.5, 0.6) is 0 Å². The zero-order chi connectivity index (χ0) is 28.0. The number of aryl methyl sites for hydroxylation is 2. The molecule has 2 fully saturated rings. The van der Waals surface area contributed by atoms with Gasteiger partial charge in [0.25, 0.3) is 5.91 Å². The standard InChI is InChI=1S/C32H35N3O5/c1-21-13-14-22(2)24(20-21)34-18-9-15-32-27(30(38)35(16-6-7-19-36)28(32)31(34)39)26-25(40-32)12-8-17-33(29(26)37)23-10-4-3-5-11-23/h3-5,8-15,20,25-28,36H,6-7,16-19H2,1-2H3/t25-,26+,27+,28?,32+/m1/s1. The van der Waals surface area contributed by atoms with Gasteiger partial charge in [-0.2, -0.15) is 0 Å². The highest BCUT2D eigenvalue weighted by molar-refractivity contribution is 6.07. The number of benzene rings is 2. The third-order valence-electron chi connectivity index (χ3n) is 8.69. The fourth-order valence-corrected chi connectivity index (χ4v) is 6.84. The van der Waals surface area contributed by atoms with Gasteiger partial charge in [-0.25, -0.2) is 0 Å². The number of aliphatic hydroxyl groups excluding tert-OH is 1. The molecule has 6 rings (SSSR count). The van der Waals surface area contributed by atoms with Gasteiger partial charge in [-0.15, -0.1) is 0 Å². The van der Waals surface area contributed by atoms with Gasteiger partial charge in [0.2, 0.25) is 11.8 Å². The lowest BCUT2D eigenvalue weighted by molar-refractivity contribution is -0.140. The van der Waals surface area contributed by atoms with Crippen molar-refractivity contribution in [2.45, 2.75) is 44.4 Å². The molecule has 1 N–H and O–H groups in total. The van der Waals surface area contributed by atoms with Crippen molar-refractivity contribution < 1.29 is 24.2 Å². The minimum atomic E-state index is -1.27. The third kappa shape index (κ3) is 4.09. The van der Waals surface area contributed by atoms with Crippen LogP contribution in [0.15, 0.2) is 72.8 Å². The van der Waals surface area contributed by atoms with E-state index in [0.29, 0.717) is 32.5 Å². The topological polar surface area (TPSA) is 90.4 Å². The summed E-state index contributed by atoms with van der Waals surface area (Å²) >= 11 is 0. The fraction of sp³-hybridized carbons (Fsp3) is 0.406. The van der Waals surface area contributed by atoms with Crippen molar-refractivity contribution in [2.75, 3.05) is 36.0 Å². The Morgan fingerprint density at radius 1 is 0.925 bits per heavy atom. The molecule has 2 aromatic rings. The molecule has 1 spiro atoms. The van der Waals surface area contributed by atoms with E-state index >= 15 is 0 Å². The predicted molar refractivity (Wildman–Crippen MR) is 152 cm³/mol. The first-order valence-corrected chi connectivity index (χ1v) is 14.1. The van der Waals surface area contributed by atoms with Crippen molar-refractivity contribution in [1.29, 1.82) is 0 Å². The van der Waals surface area contributed by atoms with E-state index in [9.17, 15) is 19.5 Å². The molecule has 40 heavy (non-hydrogen) atoms. The summed E-state index contributed by atoms with van der Waals surface area (Å²) in [6, 6.07) is 14.5. The van der Waals surface area contributed by atoms with Crippen LogP contribution in [-0.2, 0) is 19.1 Å². The molecule has 0 saturated carbocycles. The lowest BCUT2D eigenvalue weighted by Crippen LogP contribution is -2.55. The number of aliphatic hydroxyl groups is 1. The van der Waals surface area contributed by atoms with E-state index in [1.807, 2.05) is 86.7 Å². The minimum absolute atomic E-state index is 0.000243. The monoisotopic (exact) mass is 541 g/mol. The second-order valence-corrected chi connectivity index (χ2v) is 11.2. The Bertz CT molecular complexity index is 1390. The number of carbonyl (C=O) groups excluding carboxylic acids is 3. The van der Waals surface area contributed by atoms with Crippen LogP contribution < -0.4 is 9.80 Å². The summed E-state index contributed by atoms with van der Waals surface area (Å²) in [5.74, 6) is -2.23. The number of hydrogen-bond donors (Lipinski definition) is 1. The number of anilines is 2. The maximum atomic E-state index is 14.5. The minimum Gasteiger partial charge on any atom is -0.396 e. The van der Waals surface area contributed by atoms with Crippen molar-refractivity contribution in [2.24, 2.45) is 11.8 Å². The molecule has 1 unspecified atom stereocenters. The molecule has 0 aromatic heterocycles. The summed E-state index contributed by atoms with van der Waals surface area (Å²) in [7, 11) is 0. The molecular weight excluding hydrogens is 506 g/mol. The van der Waals surface area contributed by atoms with Gasteiger partial charge in [0.1, 0.15) is 11.6 Å². The van der Waals surface area contributed by atoms with Crippen molar-refractivity contribution in [3.8, 4) is 0 Å². The second kappa shape index (κ2) is 10.3. The Balaban J connectivity index is 1.44. The van der Waals surface area contributed by atoms with Crippen LogP contribution in [0.4, 0.5) is 11.4 Å². The first-order valence-electron chi connectivity index (χ1n) is 14.1. The first kappa shape index (κ1) is 26.5. The molecule has 208 valence electrons. The molecular formula is C32H35N3O5. The number of carbonyl (C=O) groups is 3. The number of amides is 3. The number of likely N-dealkylation sites (tertiary alicyclic amines) is 1. The highest BCUT2D eigenvalue weighted by Crippen LogP contribution is 2.54. The molecule has 8 heteroatoms. The van der Waals surface area contributed by atoms with Gasteiger partial charge in [-0.1, -0.05) is 54.6 Å². The van der Waals surface area contributed by atoms with E-state index in [0.717, 1.165) is 22.5 Å². The summed E-state index contributed by atoms with van der Waals surface area (Å²) in [4.78, 5) is 48.0. The molecule has 3 amide bonds. The van der Waals surface area contributed by atoms with Crippen LogP contribution >= 0.6 is 0 Å². The molecule has 5 atom stereocenters. The highest BCUT2D eigenvalue weighted by Gasteiger charge is 2.71. The zero-order valence-electron chi connectivity index (χ0n) is 22.9. The average molecular weight is 542 g/mol. The van der Waals surface area contributed by atoms with Crippen LogP contribution in [0.1, 0.15) is 24.0 Å². The maximum Gasteiger partial charge on any atom is 0.253 e. The SMILES string of the molecule is Cc1ccc(C)c(N2CC=C[C@]34O[C@@H]5C=CCN(c6ccccc6)C(=O)[C@@H]5[C@H]3C(=O)N(CCCCO)C4C2=O)c1. The van der Waals surface area contributed by atoms with Gasteiger partial charge in [-0.3, -0.25) is 14.4 Å². The van der Waals surface area contributed by atoms with Crippen LogP contribution in [0, 0.1) is 25.7 Å². The summed E-state index contributed by atoms with van der Waals surface area (Å²) in [6.45, 7) is 4.98. The summed E-state index contributed by atoms with van der Waals surface area (Å²) in [5.41, 5.74) is 2.29. The van der Waals surface area contributed by atoms with Crippen molar-refractivity contribution in [1.82, 2.24) is 4.90 Å². The Labute approximate surface area is 234 Å².